The summed E-state index contributed by atoms with van der Waals surface area (Å²) in [5.41, 5.74) is 0.244. The minimum atomic E-state index is -1.02. The first-order chi connectivity index (χ1) is 14.0. The van der Waals surface area contributed by atoms with Gasteiger partial charge in [-0.25, -0.2) is 13.2 Å². The van der Waals surface area contributed by atoms with Crippen molar-refractivity contribution in [1.29, 1.82) is 0 Å². The number of amides is 1. The van der Waals surface area contributed by atoms with Crippen LogP contribution in [-0.4, -0.2) is 30.4 Å². The van der Waals surface area contributed by atoms with Crippen LogP contribution in [0, 0.1) is 17.5 Å². The molecule has 1 fully saturated rings. The number of hydrogen-bond donors (Lipinski definition) is 1. The second-order valence-electron chi connectivity index (χ2n) is 7.56. The predicted octanol–water partition coefficient (Wildman–Crippen LogP) is 5.76. The Labute approximate surface area is 169 Å². The number of rotatable bonds is 7. The first-order valence-corrected chi connectivity index (χ1v) is 10.3. The molecule has 3 rings (SSSR count). The molecule has 1 aliphatic rings. The van der Waals surface area contributed by atoms with E-state index < -0.39 is 17.5 Å². The van der Waals surface area contributed by atoms with E-state index in [0.717, 1.165) is 44.6 Å². The molecule has 29 heavy (non-hydrogen) atoms. The fourth-order valence-electron chi connectivity index (χ4n) is 3.70. The van der Waals surface area contributed by atoms with Crippen molar-refractivity contribution in [3.63, 3.8) is 0 Å². The van der Waals surface area contributed by atoms with E-state index in [2.05, 4.69) is 10.2 Å². The molecule has 0 unspecified atom stereocenters. The summed E-state index contributed by atoms with van der Waals surface area (Å²) in [6.45, 7) is 3.26. The number of carbonyl (C=O) groups is 1. The fourth-order valence-corrected chi connectivity index (χ4v) is 3.70. The fraction of sp³-hybridized carbons (Fsp3) is 0.435. The molecule has 0 spiro atoms. The lowest BCUT2D eigenvalue weighted by atomic mass is 10.0. The largest absolute Gasteiger partial charge is 0.324 e. The third kappa shape index (κ3) is 6.07. The van der Waals surface area contributed by atoms with Crippen LogP contribution in [0.1, 0.15) is 44.9 Å². The molecule has 2 aromatic carbocycles. The van der Waals surface area contributed by atoms with Crippen molar-refractivity contribution < 1.29 is 18.0 Å². The lowest BCUT2D eigenvalue weighted by Gasteiger charge is -2.19. The van der Waals surface area contributed by atoms with Gasteiger partial charge < -0.3 is 10.2 Å². The molecule has 0 aromatic heterocycles. The second-order valence-corrected chi connectivity index (χ2v) is 7.56. The van der Waals surface area contributed by atoms with Crippen LogP contribution in [0.25, 0.3) is 11.1 Å². The van der Waals surface area contributed by atoms with Crippen LogP contribution in [0.15, 0.2) is 36.4 Å². The van der Waals surface area contributed by atoms with Crippen molar-refractivity contribution in [1.82, 2.24) is 4.90 Å². The Morgan fingerprint density at radius 2 is 1.69 bits per heavy atom. The average Bonchev–Trinajstić information content (AvgIpc) is 2.98. The van der Waals surface area contributed by atoms with Crippen molar-refractivity contribution in [3.8, 4) is 11.1 Å². The molecule has 0 radical (unpaired) electrons. The molecule has 1 saturated heterocycles. The van der Waals surface area contributed by atoms with E-state index in [1.54, 1.807) is 0 Å². The lowest BCUT2D eigenvalue weighted by Crippen LogP contribution is -2.25. The summed E-state index contributed by atoms with van der Waals surface area (Å²) >= 11 is 0. The molecule has 0 bridgehead atoms. The second kappa shape index (κ2) is 10.4. The van der Waals surface area contributed by atoms with Crippen molar-refractivity contribution in [2.45, 2.75) is 44.9 Å². The smallest absolute Gasteiger partial charge is 0.224 e. The predicted molar refractivity (Wildman–Crippen MR) is 109 cm³/mol. The van der Waals surface area contributed by atoms with E-state index >= 15 is 0 Å². The number of likely N-dealkylation sites (tertiary alicyclic amines) is 1. The van der Waals surface area contributed by atoms with Crippen LogP contribution in [0.3, 0.4) is 0 Å². The zero-order valence-corrected chi connectivity index (χ0v) is 16.5. The number of hydrogen-bond acceptors (Lipinski definition) is 2. The van der Waals surface area contributed by atoms with Gasteiger partial charge in [-0.2, -0.15) is 0 Å². The third-order valence-electron chi connectivity index (χ3n) is 5.33. The number of nitrogens with zero attached hydrogens (tertiary/aromatic N) is 1. The van der Waals surface area contributed by atoms with Crippen molar-refractivity contribution in [2.75, 3.05) is 25.0 Å². The first kappa shape index (κ1) is 21.4. The number of carbonyl (C=O) groups excluding carboxylic acids is 1. The third-order valence-corrected chi connectivity index (χ3v) is 5.33. The normalized spacial score (nSPS) is 15.1. The van der Waals surface area contributed by atoms with Crippen LogP contribution in [-0.2, 0) is 4.79 Å². The summed E-state index contributed by atoms with van der Waals surface area (Å²) in [5, 5.41) is 2.57. The molecule has 1 heterocycles. The van der Waals surface area contributed by atoms with Gasteiger partial charge in [-0.15, -0.1) is 0 Å². The summed E-state index contributed by atoms with van der Waals surface area (Å²) in [4.78, 5) is 14.6. The highest BCUT2D eigenvalue weighted by Crippen LogP contribution is 2.27. The van der Waals surface area contributed by atoms with Gasteiger partial charge >= 0.3 is 0 Å². The Morgan fingerprint density at radius 1 is 0.931 bits per heavy atom. The molecule has 6 heteroatoms. The highest BCUT2D eigenvalue weighted by molar-refractivity contribution is 5.91. The minimum Gasteiger partial charge on any atom is -0.324 e. The van der Waals surface area contributed by atoms with Gasteiger partial charge in [-0.1, -0.05) is 31.0 Å². The van der Waals surface area contributed by atoms with E-state index in [0.29, 0.717) is 6.42 Å². The molecule has 1 aliphatic heterocycles. The molecule has 0 saturated carbocycles. The summed E-state index contributed by atoms with van der Waals surface area (Å²) < 4.78 is 41.6. The Bertz CT molecular complexity index is 833. The Morgan fingerprint density at radius 3 is 2.41 bits per heavy atom. The number of nitrogens with one attached hydrogen (secondary N) is 1. The molecule has 1 amide bonds. The van der Waals surface area contributed by atoms with Gasteiger partial charge in [0.2, 0.25) is 5.91 Å². The van der Waals surface area contributed by atoms with Gasteiger partial charge in [0.05, 0.1) is 5.69 Å². The molecule has 3 nitrogen and oxygen atoms in total. The van der Waals surface area contributed by atoms with Crippen molar-refractivity contribution in [2.24, 2.45) is 0 Å². The lowest BCUT2D eigenvalue weighted by molar-refractivity contribution is -0.116. The SMILES string of the molecule is O=C(CCCCN1CCCCCC1)Nc1ccc(-c2cccc(F)c2F)cc1F. The quantitative estimate of drug-likeness (QED) is 0.596. The standard InChI is InChI=1S/C23H27F3N2O/c24-19-9-7-8-18(23(19)26)17-11-12-21(20(25)16-17)27-22(29)10-3-6-15-28-13-4-1-2-5-14-28/h7-9,11-12,16H,1-6,10,13-15H2,(H,27,29). The van der Waals surface area contributed by atoms with Gasteiger partial charge in [0.1, 0.15) is 5.82 Å². The van der Waals surface area contributed by atoms with E-state index in [-0.39, 0.29) is 22.7 Å². The molecule has 2 aromatic rings. The first-order valence-electron chi connectivity index (χ1n) is 10.3. The van der Waals surface area contributed by atoms with Gasteiger partial charge in [0.15, 0.2) is 11.6 Å². The number of unbranched alkanes of at least 4 members (excludes halogenated alkanes) is 1. The van der Waals surface area contributed by atoms with Gasteiger partial charge in [0, 0.05) is 12.0 Å². The highest BCUT2D eigenvalue weighted by atomic mass is 19.2. The maximum atomic E-state index is 14.4. The van der Waals surface area contributed by atoms with E-state index in [1.165, 1.54) is 49.9 Å². The van der Waals surface area contributed by atoms with Crippen LogP contribution in [0.2, 0.25) is 0 Å². The van der Waals surface area contributed by atoms with E-state index in [1.807, 2.05) is 0 Å². The van der Waals surface area contributed by atoms with Gasteiger partial charge in [-0.3, -0.25) is 4.79 Å². The molecular weight excluding hydrogens is 377 g/mol. The number of benzene rings is 2. The summed E-state index contributed by atoms with van der Waals surface area (Å²) in [6.07, 6.45) is 7.10. The summed E-state index contributed by atoms with van der Waals surface area (Å²) in [6, 6.07) is 7.71. The van der Waals surface area contributed by atoms with Crippen LogP contribution in [0.5, 0.6) is 0 Å². The van der Waals surface area contributed by atoms with Crippen LogP contribution < -0.4 is 5.32 Å². The van der Waals surface area contributed by atoms with Crippen LogP contribution >= 0.6 is 0 Å². The zero-order chi connectivity index (χ0) is 20.6. The summed E-state index contributed by atoms with van der Waals surface area (Å²) in [7, 11) is 0. The average molecular weight is 404 g/mol. The maximum Gasteiger partial charge on any atom is 0.224 e. The Balaban J connectivity index is 1.49. The van der Waals surface area contributed by atoms with Crippen LogP contribution in [0.4, 0.5) is 18.9 Å². The molecule has 1 N–H and O–H groups in total. The summed E-state index contributed by atoms with van der Waals surface area (Å²) in [5.74, 6) is -2.93. The monoisotopic (exact) mass is 404 g/mol. The highest BCUT2D eigenvalue weighted by Gasteiger charge is 2.13. The van der Waals surface area contributed by atoms with E-state index in [4.69, 9.17) is 0 Å². The topological polar surface area (TPSA) is 32.3 Å². The van der Waals surface area contributed by atoms with Gasteiger partial charge in [0.25, 0.3) is 0 Å². The maximum absolute atomic E-state index is 14.4. The number of anilines is 1. The van der Waals surface area contributed by atoms with Gasteiger partial charge in [-0.05, 0) is 69.1 Å². The van der Waals surface area contributed by atoms with Crippen molar-refractivity contribution in [3.05, 3.63) is 53.8 Å². The van der Waals surface area contributed by atoms with Crippen molar-refractivity contribution >= 4 is 11.6 Å². The Hall–Kier alpha value is -2.34. The number of halogens is 3. The molecular formula is C23H27F3N2O. The Kier molecular flexibility index (Phi) is 7.69. The molecule has 0 aliphatic carbocycles. The zero-order valence-electron chi connectivity index (χ0n) is 16.5. The molecule has 156 valence electrons. The molecule has 0 atom stereocenters. The minimum absolute atomic E-state index is 0.0183. The van der Waals surface area contributed by atoms with E-state index in [9.17, 15) is 18.0 Å².